The maximum Gasteiger partial charge on any atom is 0.331 e. The standard InChI is InChI=1S/C20H22N4O3/c1-2-3-5-14-7-9-15(10-8-14)22-18(25)13-24-19(26)16(12-21)17-6-4-11-23(17)20(24)27/h7-10H,2-6,11,13H2,1H3,(H,22,25). The summed E-state index contributed by atoms with van der Waals surface area (Å²) in [5.41, 5.74) is 1.01. The SMILES string of the molecule is CCCCc1ccc(NC(=O)Cn2c(=O)c(C#N)c3n(c2=O)CCC3)cc1. The maximum absolute atomic E-state index is 12.5. The molecule has 0 atom stereocenters. The summed E-state index contributed by atoms with van der Waals surface area (Å²) >= 11 is 0. The number of rotatable bonds is 6. The zero-order chi connectivity index (χ0) is 19.4. The molecule has 140 valence electrons. The number of unbranched alkanes of at least 4 members (excludes halogenated alkanes) is 1. The number of fused-ring (bicyclic) bond motifs is 1. The Morgan fingerprint density at radius 3 is 2.67 bits per heavy atom. The molecule has 3 rings (SSSR count). The second kappa shape index (κ2) is 8.04. The van der Waals surface area contributed by atoms with Crippen LogP contribution in [-0.2, 0) is 30.7 Å². The zero-order valence-electron chi connectivity index (χ0n) is 15.3. The Balaban J connectivity index is 1.78. The van der Waals surface area contributed by atoms with E-state index in [1.807, 2.05) is 30.3 Å². The molecule has 0 aliphatic carbocycles. The van der Waals surface area contributed by atoms with Crippen molar-refractivity contribution in [3.63, 3.8) is 0 Å². The van der Waals surface area contributed by atoms with Crippen LogP contribution in [0.2, 0.25) is 0 Å². The van der Waals surface area contributed by atoms with Crippen molar-refractivity contribution >= 4 is 11.6 Å². The predicted molar refractivity (Wildman–Crippen MR) is 102 cm³/mol. The summed E-state index contributed by atoms with van der Waals surface area (Å²) < 4.78 is 2.27. The highest BCUT2D eigenvalue weighted by molar-refractivity contribution is 5.90. The molecule has 0 saturated carbocycles. The van der Waals surface area contributed by atoms with Gasteiger partial charge < -0.3 is 5.32 Å². The molecule has 2 heterocycles. The molecular weight excluding hydrogens is 344 g/mol. The molecule has 0 radical (unpaired) electrons. The van der Waals surface area contributed by atoms with Crippen LogP contribution in [0.5, 0.6) is 0 Å². The number of nitrogens with one attached hydrogen (secondary N) is 1. The van der Waals surface area contributed by atoms with Crippen molar-refractivity contribution in [3.05, 3.63) is 61.9 Å². The van der Waals surface area contributed by atoms with Gasteiger partial charge in [-0.15, -0.1) is 0 Å². The van der Waals surface area contributed by atoms with Gasteiger partial charge in [0.2, 0.25) is 5.91 Å². The minimum Gasteiger partial charge on any atom is -0.325 e. The monoisotopic (exact) mass is 366 g/mol. The molecule has 0 unspecified atom stereocenters. The van der Waals surface area contributed by atoms with E-state index in [-0.39, 0.29) is 5.56 Å². The fraction of sp³-hybridized carbons (Fsp3) is 0.400. The van der Waals surface area contributed by atoms with Crippen molar-refractivity contribution in [2.24, 2.45) is 0 Å². The van der Waals surface area contributed by atoms with Gasteiger partial charge in [0.05, 0.1) is 0 Å². The molecule has 1 aliphatic heterocycles. The average molecular weight is 366 g/mol. The van der Waals surface area contributed by atoms with Crippen molar-refractivity contribution < 1.29 is 4.79 Å². The number of benzene rings is 1. The Bertz CT molecular complexity index is 1010. The summed E-state index contributed by atoms with van der Waals surface area (Å²) in [5, 5.41) is 12.0. The van der Waals surface area contributed by atoms with Gasteiger partial charge in [-0.05, 0) is 43.4 Å². The third-order valence-electron chi connectivity index (χ3n) is 4.80. The van der Waals surface area contributed by atoms with Gasteiger partial charge in [-0.2, -0.15) is 5.26 Å². The minimum atomic E-state index is -0.694. The van der Waals surface area contributed by atoms with E-state index in [0.717, 1.165) is 23.8 Å². The molecule has 27 heavy (non-hydrogen) atoms. The van der Waals surface area contributed by atoms with E-state index < -0.39 is 23.7 Å². The molecule has 0 fully saturated rings. The van der Waals surface area contributed by atoms with E-state index >= 15 is 0 Å². The molecule has 0 saturated heterocycles. The van der Waals surface area contributed by atoms with Crippen LogP contribution in [-0.4, -0.2) is 15.0 Å². The number of carbonyl (C=O) groups is 1. The lowest BCUT2D eigenvalue weighted by Gasteiger charge is -2.11. The Morgan fingerprint density at radius 2 is 2.00 bits per heavy atom. The number of amides is 1. The van der Waals surface area contributed by atoms with Gasteiger partial charge in [0.25, 0.3) is 5.56 Å². The molecule has 0 bridgehead atoms. The number of nitrogens with zero attached hydrogens (tertiary/aromatic N) is 3. The van der Waals surface area contributed by atoms with Crippen molar-refractivity contribution in [3.8, 4) is 6.07 Å². The zero-order valence-corrected chi connectivity index (χ0v) is 15.3. The maximum atomic E-state index is 12.5. The number of nitriles is 1. The first-order chi connectivity index (χ1) is 13.0. The van der Waals surface area contributed by atoms with Crippen LogP contribution < -0.4 is 16.6 Å². The van der Waals surface area contributed by atoms with Crippen LogP contribution in [0.1, 0.15) is 43.0 Å². The lowest BCUT2D eigenvalue weighted by Crippen LogP contribution is -2.44. The largest absolute Gasteiger partial charge is 0.331 e. The molecule has 1 N–H and O–H groups in total. The van der Waals surface area contributed by atoms with Gasteiger partial charge in [-0.1, -0.05) is 25.5 Å². The number of hydrogen-bond donors (Lipinski definition) is 1. The fourth-order valence-corrected chi connectivity index (χ4v) is 3.37. The highest BCUT2D eigenvalue weighted by atomic mass is 16.2. The van der Waals surface area contributed by atoms with Gasteiger partial charge in [-0.25, -0.2) is 9.36 Å². The van der Waals surface area contributed by atoms with Gasteiger partial charge in [0.1, 0.15) is 18.2 Å². The van der Waals surface area contributed by atoms with Crippen LogP contribution in [0, 0.1) is 11.3 Å². The summed E-state index contributed by atoms with van der Waals surface area (Å²) in [4.78, 5) is 37.3. The van der Waals surface area contributed by atoms with Gasteiger partial charge in [0, 0.05) is 17.9 Å². The average Bonchev–Trinajstić information content (AvgIpc) is 3.15. The number of hydrogen-bond acceptors (Lipinski definition) is 4. The fourth-order valence-electron chi connectivity index (χ4n) is 3.37. The van der Waals surface area contributed by atoms with Crippen LogP contribution >= 0.6 is 0 Å². The van der Waals surface area contributed by atoms with E-state index in [2.05, 4.69) is 12.2 Å². The number of carbonyl (C=O) groups excluding carboxylic acids is 1. The molecule has 0 spiro atoms. The van der Waals surface area contributed by atoms with E-state index in [0.29, 0.717) is 30.8 Å². The summed E-state index contributed by atoms with van der Waals surface area (Å²) in [6.07, 6.45) is 4.46. The second-order valence-corrected chi connectivity index (χ2v) is 6.71. The van der Waals surface area contributed by atoms with Crippen molar-refractivity contribution in [1.82, 2.24) is 9.13 Å². The van der Waals surface area contributed by atoms with Gasteiger partial charge in [-0.3, -0.25) is 14.2 Å². The predicted octanol–water partition coefficient (Wildman–Crippen LogP) is 1.81. The molecule has 7 heteroatoms. The van der Waals surface area contributed by atoms with Crippen LogP contribution in [0.25, 0.3) is 0 Å². The van der Waals surface area contributed by atoms with Gasteiger partial charge in [0.15, 0.2) is 0 Å². The number of aryl methyl sites for hydroxylation is 1. The van der Waals surface area contributed by atoms with E-state index in [4.69, 9.17) is 0 Å². The van der Waals surface area contributed by atoms with Crippen molar-refractivity contribution in [1.29, 1.82) is 5.26 Å². The Kier molecular flexibility index (Phi) is 5.55. The number of aromatic nitrogens is 2. The van der Waals surface area contributed by atoms with Crippen LogP contribution in [0.4, 0.5) is 5.69 Å². The third-order valence-corrected chi connectivity index (χ3v) is 4.80. The molecule has 7 nitrogen and oxygen atoms in total. The Morgan fingerprint density at radius 1 is 1.26 bits per heavy atom. The lowest BCUT2D eigenvalue weighted by atomic mass is 10.1. The summed E-state index contributed by atoms with van der Waals surface area (Å²) in [6, 6.07) is 9.41. The first-order valence-electron chi connectivity index (χ1n) is 9.20. The van der Waals surface area contributed by atoms with Crippen LogP contribution in [0.3, 0.4) is 0 Å². The van der Waals surface area contributed by atoms with E-state index in [1.54, 1.807) is 0 Å². The first kappa shape index (κ1) is 18.6. The Hall–Kier alpha value is -3.14. The number of anilines is 1. The van der Waals surface area contributed by atoms with E-state index in [1.165, 1.54) is 10.1 Å². The molecule has 2 aromatic rings. The summed E-state index contributed by atoms with van der Waals surface area (Å²) in [6.45, 7) is 2.18. The third kappa shape index (κ3) is 3.85. The highest BCUT2D eigenvalue weighted by Crippen LogP contribution is 2.14. The van der Waals surface area contributed by atoms with Crippen LogP contribution in [0.15, 0.2) is 33.9 Å². The normalized spacial score (nSPS) is 12.4. The molecular formula is C20H22N4O3. The smallest absolute Gasteiger partial charge is 0.325 e. The molecule has 1 aromatic heterocycles. The minimum absolute atomic E-state index is 0.0415. The lowest BCUT2D eigenvalue weighted by molar-refractivity contribution is -0.116. The molecule has 1 aromatic carbocycles. The quantitative estimate of drug-likeness (QED) is 0.843. The van der Waals surface area contributed by atoms with Crippen molar-refractivity contribution in [2.75, 3.05) is 5.32 Å². The topological polar surface area (TPSA) is 96.9 Å². The highest BCUT2D eigenvalue weighted by Gasteiger charge is 2.23. The summed E-state index contributed by atoms with van der Waals surface area (Å²) in [7, 11) is 0. The Labute approximate surface area is 156 Å². The van der Waals surface area contributed by atoms with Gasteiger partial charge >= 0.3 is 5.69 Å². The van der Waals surface area contributed by atoms with Crippen molar-refractivity contribution in [2.45, 2.75) is 52.1 Å². The molecule has 1 amide bonds. The van der Waals surface area contributed by atoms with E-state index in [9.17, 15) is 19.6 Å². The second-order valence-electron chi connectivity index (χ2n) is 6.71. The summed E-state index contributed by atoms with van der Waals surface area (Å²) in [5.74, 6) is -0.474. The molecule has 1 aliphatic rings. The first-order valence-corrected chi connectivity index (χ1v) is 9.20.